The van der Waals surface area contributed by atoms with E-state index in [1.807, 2.05) is 12.4 Å². The van der Waals surface area contributed by atoms with E-state index in [-0.39, 0.29) is 0 Å². The van der Waals surface area contributed by atoms with Crippen molar-refractivity contribution in [2.75, 3.05) is 13.2 Å². The predicted molar refractivity (Wildman–Crippen MR) is 70.4 cm³/mol. The second-order valence-corrected chi connectivity index (χ2v) is 5.63. The van der Waals surface area contributed by atoms with Crippen LogP contribution in [-0.4, -0.2) is 18.2 Å². The van der Waals surface area contributed by atoms with Crippen molar-refractivity contribution < 1.29 is 4.74 Å². The fourth-order valence-electron chi connectivity index (χ4n) is 2.65. The zero-order chi connectivity index (χ0) is 12.4. The van der Waals surface area contributed by atoms with Crippen LogP contribution in [0.1, 0.15) is 56.2 Å². The molecule has 1 aliphatic heterocycles. The number of aromatic nitrogens is 1. The van der Waals surface area contributed by atoms with Crippen LogP contribution in [0, 0.1) is 5.92 Å². The van der Waals surface area contributed by atoms with Gasteiger partial charge in [-0.1, -0.05) is 27.7 Å². The Kier molecular flexibility index (Phi) is 3.82. The molecule has 0 fully saturated rings. The highest BCUT2D eigenvalue weighted by atomic mass is 16.5. The van der Waals surface area contributed by atoms with Gasteiger partial charge in [-0.25, -0.2) is 0 Å². The molecule has 1 atom stereocenters. The number of hydrogen-bond acceptors (Lipinski definition) is 2. The van der Waals surface area contributed by atoms with Gasteiger partial charge in [0.25, 0.3) is 0 Å². The maximum absolute atomic E-state index is 5.76. The zero-order valence-corrected chi connectivity index (χ0v) is 11.4. The van der Waals surface area contributed by atoms with Gasteiger partial charge < -0.3 is 4.74 Å². The maximum atomic E-state index is 5.76. The van der Waals surface area contributed by atoms with Crippen molar-refractivity contribution in [3.8, 4) is 0 Å². The van der Waals surface area contributed by atoms with E-state index >= 15 is 0 Å². The summed E-state index contributed by atoms with van der Waals surface area (Å²) < 4.78 is 5.76. The summed E-state index contributed by atoms with van der Waals surface area (Å²) in [5.74, 6) is 1.68. The summed E-state index contributed by atoms with van der Waals surface area (Å²) in [6.45, 7) is 10.8. The second-order valence-electron chi connectivity index (χ2n) is 5.63. The first kappa shape index (κ1) is 12.6. The van der Waals surface area contributed by atoms with Crippen LogP contribution in [0.5, 0.6) is 0 Å². The van der Waals surface area contributed by atoms with E-state index in [4.69, 9.17) is 4.74 Å². The molecule has 0 saturated heterocycles. The molecular formula is C15H23NO. The fraction of sp³-hybridized carbons (Fsp3) is 0.667. The Balaban J connectivity index is 2.52. The third kappa shape index (κ3) is 2.52. The SMILES string of the molecule is CC(C)c1cncc2c1C(C(C)C)COCC2. The lowest BCUT2D eigenvalue weighted by Gasteiger charge is -2.25. The molecular weight excluding hydrogens is 210 g/mol. The first-order valence-corrected chi connectivity index (χ1v) is 6.65. The molecule has 17 heavy (non-hydrogen) atoms. The molecule has 1 aromatic rings. The van der Waals surface area contributed by atoms with Crippen molar-refractivity contribution in [3.63, 3.8) is 0 Å². The van der Waals surface area contributed by atoms with E-state index in [9.17, 15) is 0 Å². The van der Waals surface area contributed by atoms with Crippen LogP contribution in [0.15, 0.2) is 12.4 Å². The minimum absolute atomic E-state index is 0.521. The van der Waals surface area contributed by atoms with E-state index < -0.39 is 0 Å². The van der Waals surface area contributed by atoms with Crippen LogP contribution in [0.2, 0.25) is 0 Å². The first-order chi connectivity index (χ1) is 8.11. The smallest absolute Gasteiger partial charge is 0.0537 e. The van der Waals surface area contributed by atoms with Gasteiger partial charge in [0, 0.05) is 18.3 Å². The van der Waals surface area contributed by atoms with Gasteiger partial charge in [-0.3, -0.25) is 4.98 Å². The maximum Gasteiger partial charge on any atom is 0.0537 e. The zero-order valence-electron chi connectivity index (χ0n) is 11.4. The summed E-state index contributed by atoms with van der Waals surface area (Å²) in [5.41, 5.74) is 4.32. The summed E-state index contributed by atoms with van der Waals surface area (Å²) in [5, 5.41) is 0. The normalized spacial score (nSPS) is 20.5. The van der Waals surface area contributed by atoms with Crippen molar-refractivity contribution in [1.29, 1.82) is 0 Å². The molecule has 2 heterocycles. The molecule has 0 N–H and O–H groups in total. The van der Waals surface area contributed by atoms with E-state index in [2.05, 4.69) is 32.7 Å². The Labute approximate surface area is 104 Å². The van der Waals surface area contributed by atoms with Crippen molar-refractivity contribution >= 4 is 0 Å². The molecule has 0 aliphatic carbocycles. The number of rotatable bonds is 2. The van der Waals surface area contributed by atoms with Crippen LogP contribution >= 0.6 is 0 Å². The van der Waals surface area contributed by atoms with Gasteiger partial charge in [0.2, 0.25) is 0 Å². The highest BCUT2D eigenvalue weighted by molar-refractivity contribution is 5.38. The van der Waals surface area contributed by atoms with Crippen LogP contribution in [0.25, 0.3) is 0 Å². The quantitative estimate of drug-likeness (QED) is 0.779. The Morgan fingerprint density at radius 3 is 2.65 bits per heavy atom. The number of nitrogens with zero attached hydrogens (tertiary/aromatic N) is 1. The van der Waals surface area contributed by atoms with Crippen molar-refractivity contribution in [2.24, 2.45) is 5.92 Å². The van der Waals surface area contributed by atoms with Gasteiger partial charge in [0.1, 0.15) is 0 Å². The molecule has 1 aromatic heterocycles. The summed E-state index contributed by atoms with van der Waals surface area (Å²) in [6, 6.07) is 0. The minimum atomic E-state index is 0.521. The third-order valence-corrected chi connectivity index (χ3v) is 3.71. The predicted octanol–water partition coefficient (Wildman–Crippen LogP) is 3.52. The molecule has 2 heteroatoms. The van der Waals surface area contributed by atoms with E-state index in [0.29, 0.717) is 17.8 Å². The highest BCUT2D eigenvalue weighted by Crippen LogP contribution is 2.35. The van der Waals surface area contributed by atoms with E-state index in [1.54, 1.807) is 0 Å². The Hall–Kier alpha value is -0.890. The molecule has 0 radical (unpaired) electrons. The van der Waals surface area contributed by atoms with Crippen LogP contribution in [0.3, 0.4) is 0 Å². The molecule has 94 valence electrons. The lowest BCUT2D eigenvalue weighted by Crippen LogP contribution is -2.16. The molecule has 0 spiro atoms. The van der Waals surface area contributed by atoms with Crippen molar-refractivity contribution in [3.05, 3.63) is 29.1 Å². The number of fused-ring (bicyclic) bond motifs is 1. The third-order valence-electron chi connectivity index (χ3n) is 3.71. The average Bonchev–Trinajstić information content (AvgIpc) is 2.50. The van der Waals surface area contributed by atoms with Gasteiger partial charge in [0.05, 0.1) is 13.2 Å². The summed E-state index contributed by atoms with van der Waals surface area (Å²) in [7, 11) is 0. The fourth-order valence-corrected chi connectivity index (χ4v) is 2.65. The highest BCUT2D eigenvalue weighted by Gasteiger charge is 2.25. The molecule has 0 amide bonds. The van der Waals surface area contributed by atoms with E-state index in [0.717, 1.165) is 19.6 Å². The number of pyridine rings is 1. The monoisotopic (exact) mass is 233 g/mol. The molecule has 2 rings (SSSR count). The Bertz CT molecular complexity index is 385. The van der Waals surface area contributed by atoms with Crippen molar-refractivity contribution in [1.82, 2.24) is 4.98 Å². The van der Waals surface area contributed by atoms with Crippen LogP contribution in [0.4, 0.5) is 0 Å². The summed E-state index contributed by atoms with van der Waals surface area (Å²) >= 11 is 0. The minimum Gasteiger partial charge on any atom is -0.380 e. The molecule has 0 aromatic carbocycles. The second kappa shape index (κ2) is 5.18. The molecule has 0 bridgehead atoms. The molecule has 1 unspecified atom stereocenters. The Morgan fingerprint density at radius 1 is 1.24 bits per heavy atom. The van der Waals surface area contributed by atoms with Gasteiger partial charge >= 0.3 is 0 Å². The molecule has 1 aliphatic rings. The molecule has 2 nitrogen and oxygen atoms in total. The number of hydrogen-bond donors (Lipinski definition) is 0. The number of ether oxygens (including phenoxy) is 1. The van der Waals surface area contributed by atoms with Gasteiger partial charge in [-0.05, 0) is 34.9 Å². The largest absolute Gasteiger partial charge is 0.380 e. The molecule has 0 saturated carbocycles. The summed E-state index contributed by atoms with van der Waals surface area (Å²) in [4.78, 5) is 4.40. The van der Waals surface area contributed by atoms with Gasteiger partial charge in [-0.2, -0.15) is 0 Å². The van der Waals surface area contributed by atoms with Crippen LogP contribution in [-0.2, 0) is 11.2 Å². The lowest BCUT2D eigenvalue weighted by molar-refractivity contribution is 0.118. The topological polar surface area (TPSA) is 22.1 Å². The van der Waals surface area contributed by atoms with E-state index in [1.165, 1.54) is 16.7 Å². The average molecular weight is 233 g/mol. The first-order valence-electron chi connectivity index (χ1n) is 6.65. The Morgan fingerprint density at radius 2 is 2.00 bits per heavy atom. The summed E-state index contributed by atoms with van der Waals surface area (Å²) in [6.07, 6.45) is 5.08. The van der Waals surface area contributed by atoms with Gasteiger partial charge in [0.15, 0.2) is 0 Å². The lowest BCUT2D eigenvalue weighted by atomic mass is 9.81. The van der Waals surface area contributed by atoms with Gasteiger partial charge in [-0.15, -0.1) is 0 Å². The standard InChI is InChI=1S/C15H23NO/c1-10(2)13-8-16-7-12-5-6-17-9-14(11(3)4)15(12)13/h7-8,10-11,14H,5-6,9H2,1-4H3. The van der Waals surface area contributed by atoms with Crippen LogP contribution < -0.4 is 0 Å². The van der Waals surface area contributed by atoms with Crippen molar-refractivity contribution in [2.45, 2.75) is 46.0 Å².